The molecule has 0 rings (SSSR count). The predicted molar refractivity (Wildman–Crippen MR) is 83.8 cm³/mol. The highest BCUT2D eigenvalue weighted by molar-refractivity contribution is 7.87. The second-order valence-electron chi connectivity index (χ2n) is 6.06. The number of hydrogen-bond acceptors (Lipinski definition) is 4. The molecule has 0 amide bonds. The quantitative estimate of drug-likeness (QED) is 0.402. The van der Waals surface area contributed by atoms with Gasteiger partial charge in [-0.05, 0) is 12.3 Å². The fourth-order valence-corrected chi connectivity index (χ4v) is 2.90. The molecule has 0 aromatic carbocycles. The molecule has 126 valence electrons. The Balaban J connectivity index is 3.61. The summed E-state index contributed by atoms with van der Waals surface area (Å²) in [5, 5.41) is 7.16. The van der Waals surface area contributed by atoms with Crippen molar-refractivity contribution in [1.82, 2.24) is 0 Å². The summed E-state index contributed by atoms with van der Waals surface area (Å²) in [5.74, 6) is 0.162. The molecule has 1 atom stereocenters. The molecule has 0 aliphatic rings. The first-order valence-corrected chi connectivity index (χ1v) is 9.39. The largest absolute Gasteiger partial charge is 0.394 e. The van der Waals surface area contributed by atoms with E-state index in [1.807, 2.05) is 0 Å². The van der Waals surface area contributed by atoms with Crippen molar-refractivity contribution in [2.45, 2.75) is 76.9 Å². The Kier molecular flexibility index (Phi) is 10.9. The third-order valence-corrected chi connectivity index (χ3v) is 4.72. The molecule has 0 fully saturated rings. The van der Waals surface area contributed by atoms with Gasteiger partial charge in [0.15, 0.2) is 11.0 Å². The lowest BCUT2D eigenvalue weighted by Gasteiger charge is -2.09. The fourth-order valence-electron chi connectivity index (χ4n) is 2.26. The van der Waals surface area contributed by atoms with Gasteiger partial charge in [-0.15, -0.1) is 0 Å². The number of aliphatic hydroxyl groups is 1. The first-order valence-electron chi connectivity index (χ1n) is 7.89. The number of carbonyl (C=O) groups excluding carboxylic acids is 1. The van der Waals surface area contributed by atoms with E-state index < -0.39 is 27.8 Å². The molecule has 0 saturated heterocycles. The summed E-state index contributed by atoms with van der Waals surface area (Å²) in [4.78, 5) is 11.6. The molecule has 0 heterocycles. The van der Waals surface area contributed by atoms with Crippen molar-refractivity contribution in [3.63, 3.8) is 0 Å². The van der Waals surface area contributed by atoms with Crippen LogP contribution >= 0.6 is 0 Å². The highest BCUT2D eigenvalue weighted by Crippen LogP contribution is 2.13. The lowest BCUT2D eigenvalue weighted by molar-refractivity contribution is -0.119. The van der Waals surface area contributed by atoms with Crippen LogP contribution in [0.3, 0.4) is 0 Å². The Morgan fingerprint density at radius 1 is 0.952 bits per heavy atom. The molecule has 0 bridgehead atoms. The van der Waals surface area contributed by atoms with Gasteiger partial charge in [0.2, 0.25) is 0 Å². The second kappa shape index (κ2) is 11.2. The smallest absolute Gasteiger partial charge is 0.277 e. The SMILES string of the molecule is CC(C)CCCCCCCCCC(=O)C(CO)S(=O)(=O)O. The standard InChI is InChI=1S/C15H30O5S/c1-13(2)10-8-6-4-3-5-7-9-11-14(17)15(12-16)21(18,19)20/h13,15-16H,3-12H2,1-2H3,(H,18,19,20). The van der Waals surface area contributed by atoms with Crippen LogP contribution in [0.4, 0.5) is 0 Å². The number of carbonyl (C=O) groups is 1. The minimum absolute atomic E-state index is 0.0956. The van der Waals surface area contributed by atoms with Crippen molar-refractivity contribution in [3.8, 4) is 0 Å². The van der Waals surface area contributed by atoms with E-state index in [0.29, 0.717) is 6.42 Å². The van der Waals surface area contributed by atoms with Crippen molar-refractivity contribution in [3.05, 3.63) is 0 Å². The topological polar surface area (TPSA) is 91.7 Å². The summed E-state index contributed by atoms with van der Waals surface area (Å²) in [7, 11) is -4.48. The summed E-state index contributed by atoms with van der Waals surface area (Å²) in [6, 6.07) is 0. The number of Topliss-reactive ketones (excluding diaryl/α,β-unsaturated/α-hetero) is 1. The van der Waals surface area contributed by atoms with Gasteiger partial charge in [-0.25, -0.2) is 0 Å². The van der Waals surface area contributed by atoms with Crippen LogP contribution in [0.5, 0.6) is 0 Å². The molecule has 5 nitrogen and oxygen atoms in total. The van der Waals surface area contributed by atoms with Gasteiger partial charge in [-0.3, -0.25) is 9.35 Å². The van der Waals surface area contributed by atoms with Gasteiger partial charge >= 0.3 is 0 Å². The Morgan fingerprint density at radius 3 is 1.86 bits per heavy atom. The lowest BCUT2D eigenvalue weighted by Crippen LogP contribution is -2.33. The third-order valence-electron chi connectivity index (χ3n) is 3.59. The van der Waals surface area contributed by atoms with E-state index in [2.05, 4.69) is 13.8 Å². The maximum Gasteiger partial charge on any atom is 0.277 e. The highest BCUT2D eigenvalue weighted by atomic mass is 32.2. The van der Waals surface area contributed by atoms with E-state index in [1.165, 1.54) is 25.7 Å². The molecule has 1 unspecified atom stereocenters. The maximum absolute atomic E-state index is 11.6. The predicted octanol–water partition coefficient (Wildman–Crippen LogP) is 2.97. The fraction of sp³-hybridized carbons (Fsp3) is 0.933. The van der Waals surface area contributed by atoms with Crippen LogP contribution in [-0.4, -0.2) is 35.7 Å². The number of ketones is 1. The molecule has 0 aromatic rings. The van der Waals surface area contributed by atoms with E-state index >= 15 is 0 Å². The van der Waals surface area contributed by atoms with Gasteiger partial charge in [-0.1, -0.05) is 58.8 Å². The number of unbranched alkanes of at least 4 members (excludes halogenated alkanes) is 6. The minimum atomic E-state index is -4.48. The third kappa shape index (κ3) is 10.8. The van der Waals surface area contributed by atoms with Crippen molar-refractivity contribution >= 4 is 15.9 Å². The first-order chi connectivity index (χ1) is 9.79. The monoisotopic (exact) mass is 322 g/mol. The van der Waals surface area contributed by atoms with Gasteiger partial charge in [0.1, 0.15) is 0 Å². The van der Waals surface area contributed by atoms with Crippen molar-refractivity contribution in [2.75, 3.05) is 6.61 Å². The molecule has 0 aliphatic heterocycles. The van der Waals surface area contributed by atoms with Gasteiger partial charge in [0.25, 0.3) is 10.1 Å². The van der Waals surface area contributed by atoms with Gasteiger partial charge in [0.05, 0.1) is 6.61 Å². The van der Waals surface area contributed by atoms with Crippen molar-refractivity contribution in [1.29, 1.82) is 0 Å². The summed E-state index contributed by atoms with van der Waals surface area (Å²) in [5.41, 5.74) is 0. The van der Waals surface area contributed by atoms with E-state index in [1.54, 1.807) is 0 Å². The van der Waals surface area contributed by atoms with Crippen LogP contribution in [0.2, 0.25) is 0 Å². The molecule has 21 heavy (non-hydrogen) atoms. The normalized spacial score (nSPS) is 13.6. The summed E-state index contributed by atoms with van der Waals surface area (Å²) >= 11 is 0. The zero-order chi connectivity index (χ0) is 16.3. The van der Waals surface area contributed by atoms with Crippen LogP contribution in [0.1, 0.15) is 71.6 Å². The molecule has 6 heteroatoms. The zero-order valence-electron chi connectivity index (χ0n) is 13.3. The number of rotatable bonds is 13. The first kappa shape index (κ1) is 20.5. The maximum atomic E-state index is 11.6. The molecule has 0 aromatic heterocycles. The summed E-state index contributed by atoms with van der Waals surface area (Å²) in [6.07, 6.45) is 8.72. The summed E-state index contributed by atoms with van der Waals surface area (Å²) in [6.45, 7) is 3.60. The van der Waals surface area contributed by atoms with Crippen molar-refractivity contribution in [2.24, 2.45) is 5.92 Å². The van der Waals surface area contributed by atoms with Gasteiger partial charge in [-0.2, -0.15) is 8.42 Å². The molecular weight excluding hydrogens is 292 g/mol. The van der Waals surface area contributed by atoms with Crippen LogP contribution < -0.4 is 0 Å². The van der Waals surface area contributed by atoms with E-state index in [-0.39, 0.29) is 6.42 Å². The van der Waals surface area contributed by atoms with Crippen LogP contribution in [0.15, 0.2) is 0 Å². The molecule has 0 aliphatic carbocycles. The molecule has 0 radical (unpaired) electrons. The molecular formula is C15H30O5S. The Hall–Kier alpha value is -0.460. The van der Waals surface area contributed by atoms with Gasteiger partial charge in [0, 0.05) is 6.42 Å². The zero-order valence-corrected chi connectivity index (χ0v) is 14.1. The van der Waals surface area contributed by atoms with Crippen molar-refractivity contribution < 1.29 is 22.9 Å². The lowest BCUT2D eigenvalue weighted by atomic mass is 10.0. The van der Waals surface area contributed by atoms with Crippen LogP contribution in [0, 0.1) is 5.92 Å². The second-order valence-corrected chi connectivity index (χ2v) is 7.66. The molecule has 0 spiro atoms. The van der Waals surface area contributed by atoms with Crippen LogP contribution in [0.25, 0.3) is 0 Å². The number of hydrogen-bond donors (Lipinski definition) is 2. The number of aliphatic hydroxyl groups excluding tert-OH is 1. The van der Waals surface area contributed by atoms with Gasteiger partial charge < -0.3 is 5.11 Å². The van der Waals surface area contributed by atoms with E-state index in [0.717, 1.165) is 25.2 Å². The van der Waals surface area contributed by atoms with Crippen LogP contribution in [-0.2, 0) is 14.9 Å². The van der Waals surface area contributed by atoms with E-state index in [9.17, 15) is 13.2 Å². The highest BCUT2D eigenvalue weighted by Gasteiger charge is 2.29. The average molecular weight is 322 g/mol. The van der Waals surface area contributed by atoms with E-state index in [4.69, 9.17) is 9.66 Å². The summed E-state index contributed by atoms with van der Waals surface area (Å²) < 4.78 is 30.5. The Labute approximate surface area is 128 Å². The average Bonchev–Trinajstić information content (AvgIpc) is 2.35. The Bertz CT molecular complexity index is 376. The molecule has 0 saturated carbocycles. The molecule has 2 N–H and O–H groups in total. The minimum Gasteiger partial charge on any atom is -0.394 e. The Morgan fingerprint density at radius 2 is 1.43 bits per heavy atom.